The van der Waals surface area contributed by atoms with Gasteiger partial charge in [0.1, 0.15) is 0 Å². The van der Waals surface area contributed by atoms with Crippen molar-refractivity contribution in [1.29, 1.82) is 0 Å². The van der Waals surface area contributed by atoms with Crippen LogP contribution in [0.2, 0.25) is 0 Å². The summed E-state index contributed by atoms with van der Waals surface area (Å²) in [6.07, 6.45) is 1.49. The molecule has 1 aromatic carbocycles. The number of hydrogen-bond acceptors (Lipinski definition) is 5. The second kappa shape index (κ2) is 7.77. The molecule has 0 fully saturated rings. The van der Waals surface area contributed by atoms with Crippen LogP contribution in [0.1, 0.15) is 23.1 Å². The Morgan fingerprint density at radius 2 is 2.17 bits per heavy atom. The number of carbonyl (C=O) groups is 1. The minimum absolute atomic E-state index is 0.228. The number of aromatic nitrogens is 1. The molecule has 1 aromatic heterocycles. The van der Waals surface area contributed by atoms with Crippen molar-refractivity contribution in [3.63, 3.8) is 0 Å². The van der Waals surface area contributed by atoms with Crippen LogP contribution in [0.5, 0.6) is 5.88 Å². The van der Waals surface area contributed by atoms with E-state index in [0.29, 0.717) is 12.3 Å². The smallest absolute Gasteiger partial charge is 0.229 e. The zero-order valence-corrected chi connectivity index (χ0v) is 15.0. The molecule has 2 heterocycles. The second-order valence-electron chi connectivity index (χ2n) is 6.17. The summed E-state index contributed by atoms with van der Waals surface area (Å²) in [7, 11) is 3.66. The van der Waals surface area contributed by atoms with Crippen molar-refractivity contribution in [2.75, 3.05) is 27.2 Å². The standard InChI is InChI=1S/C18H23N3O2S/c1-20(11-16-13-24-19-18(16)23-2)9-8-17(22)21-10-7-14-5-3-4-6-15(14)12-21/h3-6,13H,7-12H2,1-2H3. The van der Waals surface area contributed by atoms with Gasteiger partial charge >= 0.3 is 0 Å². The van der Waals surface area contributed by atoms with E-state index < -0.39 is 0 Å². The van der Waals surface area contributed by atoms with Crippen molar-refractivity contribution in [3.05, 3.63) is 46.3 Å². The third-order valence-corrected chi connectivity index (χ3v) is 5.09. The first-order valence-electron chi connectivity index (χ1n) is 8.17. The lowest BCUT2D eigenvalue weighted by atomic mass is 10.00. The number of methoxy groups -OCH3 is 1. The largest absolute Gasteiger partial charge is 0.480 e. The van der Waals surface area contributed by atoms with Gasteiger partial charge in [0.05, 0.1) is 7.11 Å². The van der Waals surface area contributed by atoms with E-state index in [9.17, 15) is 4.79 Å². The molecule has 24 heavy (non-hydrogen) atoms. The van der Waals surface area contributed by atoms with Gasteiger partial charge in [-0.3, -0.25) is 4.79 Å². The van der Waals surface area contributed by atoms with Gasteiger partial charge in [-0.1, -0.05) is 24.3 Å². The fraction of sp³-hybridized carbons (Fsp3) is 0.444. The van der Waals surface area contributed by atoms with Crippen molar-refractivity contribution in [1.82, 2.24) is 14.2 Å². The average Bonchev–Trinajstić information content (AvgIpc) is 3.06. The molecule has 0 spiro atoms. The highest BCUT2D eigenvalue weighted by molar-refractivity contribution is 7.03. The Morgan fingerprint density at radius 3 is 2.96 bits per heavy atom. The predicted octanol–water partition coefficient (Wildman–Crippen LogP) is 2.56. The van der Waals surface area contributed by atoms with E-state index in [1.807, 2.05) is 23.4 Å². The molecule has 2 aromatic rings. The molecule has 0 saturated carbocycles. The maximum Gasteiger partial charge on any atom is 0.229 e. The molecule has 0 atom stereocenters. The van der Waals surface area contributed by atoms with Gasteiger partial charge < -0.3 is 14.5 Å². The number of fused-ring (bicyclic) bond motifs is 1. The van der Waals surface area contributed by atoms with Crippen LogP contribution < -0.4 is 4.74 Å². The maximum absolute atomic E-state index is 12.5. The van der Waals surface area contributed by atoms with Gasteiger partial charge in [0.25, 0.3) is 0 Å². The van der Waals surface area contributed by atoms with Gasteiger partial charge in [0.2, 0.25) is 11.8 Å². The summed E-state index contributed by atoms with van der Waals surface area (Å²) in [5.74, 6) is 0.914. The molecule has 3 rings (SSSR count). The highest BCUT2D eigenvalue weighted by atomic mass is 32.1. The quantitative estimate of drug-likeness (QED) is 0.807. The molecule has 1 aliphatic rings. The van der Waals surface area contributed by atoms with Crippen molar-refractivity contribution in [3.8, 4) is 5.88 Å². The fourth-order valence-corrected chi connectivity index (χ4v) is 3.69. The molecule has 0 unspecified atom stereocenters. The number of hydrogen-bond donors (Lipinski definition) is 0. The molecule has 5 nitrogen and oxygen atoms in total. The monoisotopic (exact) mass is 345 g/mol. The third-order valence-electron chi connectivity index (χ3n) is 4.43. The molecule has 6 heteroatoms. The molecular weight excluding hydrogens is 322 g/mol. The minimum Gasteiger partial charge on any atom is -0.480 e. The van der Waals surface area contributed by atoms with E-state index in [4.69, 9.17) is 4.74 Å². The van der Waals surface area contributed by atoms with Gasteiger partial charge in [-0.15, -0.1) is 0 Å². The summed E-state index contributed by atoms with van der Waals surface area (Å²) in [5, 5.41) is 2.00. The highest BCUT2D eigenvalue weighted by Gasteiger charge is 2.20. The Morgan fingerprint density at radius 1 is 1.38 bits per heavy atom. The summed E-state index contributed by atoms with van der Waals surface area (Å²) in [5.41, 5.74) is 3.72. The van der Waals surface area contributed by atoms with E-state index in [1.54, 1.807) is 7.11 Å². The van der Waals surface area contributed by atoms with Gasteiger partial charge in [0, 0.05) is 43.5 Å². The molecule has 1 amide bonds. The lowest BCUT2D eigenvalue weighted by Gasteiger charge is -2.29. The van der Waals surface area contributed by atoms with Crippen LogP contribution in [0.25, 0.3) is 0 Å². The number of benzene rings is 1. The van der Waals surface area contributed by atoms with Gasteiger partial charge in [-0.05, 0) is 36.1 Å². The van der Waals surface area contributed by atoms with Crippen LogP contribution in [0.3, 0.4) is 0 Å². The van der Waals surface area contributed by atoms with Crippen LogP contribution in [0.4, 0.5) is 0 Å². The number of amides is 1. The van der Waals surface area contributed by atoms with Crippen molar-refractivity contribution < 1.29 is 9.53 Å². The Kier molecular flexibility index (Phi) is 5.48. The first kappa shape index (κ1) is 16.9. The maximum atomic E-state index is 12.5. The second-order valence-corrected chi connectivity index (χ2v) is 6.80. The molecule has 0 saturated heterocycles. The summed E-state index contributed by atoms with van der Waals surface area (Å²) >= 11 is 1.40. The number of ether oxygens (including phenoxy) is 1. The van der Waals surface area contributed by atoms with E-state index in [0.717, 1.165) is 38.2 Å². The normalized spacial score (nSPS) is 13.9. The zero-order valence-electron chi connectivity index (χ0n) is 14.2. The number of rotatable bonds is 6. The summed E-state index contributed by atoms with van der Waals surface area (Å²) in [6, 6.07) is 8.39. The molecule has 0 radical (unpaired) electrons. The number of nitrogens with zero attached hydrogens (tertiary/aromatic N) is 3. The van der Waals surface area contributed by atoms with Crippen molar-refractivity contribution in [2.45, 2.75) is 25.9 Å². The van der Waals surface area contributed by atoms with E-state index in [2.05, 4.69) is 27.5 Å². The average molecular weight is 345 g/mol. The molecule has 128 valence electrons. The van der Waals surface area contributed by atoms with Crippen LogP contribution in [0, 0.1) is 0 Å². The van der Waals surface area contributed by atoms with Crippen LogP contribution in [0.15, 0.2) is 29.6 Å². The first-order chi connectivity index (χ1) is 11.7. The Bertz CT molecular complexity index is 701. The topological polar surface area (TPSA) is 45.7 Å². The Balaban J connectivity index is 1.49. The Hall–Kier alpha value is -1.92. The fourth-order valence-electron chi connectivity index (χ4n) is 3.04. The van der Waals surface area contributed by atoms with Crippen LogP contribution in [-0.4, -0.2) is 47.3 Å². The molecule has 1 aliphatic heterocycles. The van der Waals surface area contributed by atoms with Crippen LogP contribution in [-0.2, 0) is 24.3 Å². The first-order valence-corrected chi connectivity index (χ1v) is 9.01. The molecule has 0 N–H and O–H groups in total. The zero-order chi connectivity index (χ0) is 16.9. The van der Waals surface area contributed by atoms with Gasteiger partial charge in [-0.2, -0.15) is 4.37 Å². The van der Waals surface area contributed by atoms with E-state index in [1.165, 1.54) is 22.7 Å². The number of carbonyl (C=O) groups excluding carboxylic acids is 1. The van der Waals surface area contributed by atoms with Crippen molar-refractivity contribution >= 4 is 17.4 Å². The third kappa shape index (κ3) is 3.94. The van der Waals surface area contributed by atoms with E-state index >= 15 is 0 Å². The SMILES string of the molecule is COc1nscc1CN(C)CCC(=O)N1CCc2ccccc2C1. The highest BCUT2D eigenvalue weighted by Crippen LogP contribution is 2.21. The minimum atomic E-state index is 0.228. The lowest BCUT2D eigenvalue weighted by Crippen LogP contribution is -2.37. The van der Waals surface area contributed by atoms with E-state index in [-0.39, 0.29) is 5.91 Å². The molecule has 0 bridgehead atoms. The molecule has 0 aliphatic carbocycles. The van der Waals surface area contributed by atoms with Crippen LogP contribution >= 0.6 is 11.5 Å². The summed E-state index contributed by atoms with van der Waals surface area (Å²) in [4.78, 5) is 16.6. The summed E-state index contributed by atoms with van der Waals surface area (Å²) in [6.45, 7) is 3.04. The molecular formula is C18H23N3O2S. The Labute approximate surface area is 147 Å². The van der Waals surface area contributed by atoms with Gasteiger partial charge in [0.15, 0.2) is 0 Å². The summed E-state index contributed by atoms with van der Waals surface area (Å²) < 4.78 is 9.43. The lowest BCUT2D eigenvalue weighted by molar-refractivity contribution is -0.132. The predicted molar refractivity (Wildman–Crippen MR) is 95.2 cm³/mol. The van der Waals surface area contributed by atoms with Crippen molar-refractivity contribution in [2.24, 2.45) is 0 Å². The van der Waals surface area contributed by atoms with Gasteiger partial charge in [-0.25, -0.2) is 0 Å².